The van der Waals surface area contributed by atoms with Gasteiger partial charge in [-0.2, -0.15) is 0 Å². The number of methoxy groups -OCH3 is 1. The third-order valence-electron chi connectivity index (χ3n) is 4.41. The first-order valence-corrected chi connectivity index (χ1v) is 10.5. The van der Waals surface area contributed by atoms with Crippen LogP contribution in [0.15, 0.2) is 53.4 Å². The van der Waals surface area contributed by atoms with Crippen molar-refractivity contribution in [3.63, 3.8) is 0 Å². The van der Waals surface area contributed by atoms with Gasteiger partial charge in [0.25, 0.3) is 11.1 Å². The van der Waals surface area contributed by atoms with Crippen LogP contribution in [0.25, 0.3) is 6.08 Å². The maximum absolute atomic E-state index is 12.7. The molecule has 0 spiro atoms. The van der Waals surface area contributed by atoms with E-state index in [2.05, 4.69) is 0 Å². The maximum Gasteiger partial charge on any atom is 0.344 e. The van der Waals surface area contributed by atoms with E-state index >= 15 is 0 Å². The van der Waals surface area contributed by atoms with Crippen molar-refractivity contribution in [3.05, 3.63) is 64.6 Å². The van der Waals surface area contributed by atoms with E-state index in [0.717, 1.165) is 16.7 Å². The first-order chi connectivity index (χ1) is 15.4. The zero-order valence-corrected chi connectivity index (χ0v) is 18.3. The van der Waals surface area contributed by atoms with Crippen LogP contribution < -0.4 is 9.47 Å². The van der Waals surface area contributed by atoms with E-state index in [1.54, 1.807) is 55.5 Å². The van der Waals surface area contributed by atoms with Crippen LogP contribution in [0.2, 0.25) is 0 Å². The van der Waals surface area contributed by atoms with Crippen LogP contribution in [0.4, 0.5) is 4.79 Å². The second-order valence-electron chi connectivity index (χ2n) is 6.56. The van der Waals surface area contributed by atoms with E-state index in [-0.39, 0.29) is 36.2 Å². The lowest BCUT2D eigenvalue weighted by molar-refractivity contribution is -0.145. The highest BCUT2D eigenvalue weighted by atomic mass is 32.2. The van der Waals surface area contributed by atoms with E-state index in [4.69, 9.17) is 14.2 Å². The van der Waals surface area contributed by atoms with Gasteiger partial charge in [-0.3, -0.25) is 19.3 Å². The fourth-order valence-electron chi connectivity index (χ4n) is 2.88. The number of ketones is 1. The van der Waals surface area contributed by atoms with Crippen LogP contribution in [0.5, 0.6) is 11.5 Å². The minimum atomic E-state index is -0.547. The molecule has 32 heavy (non-hydrogen) atoms. The Labute approximate surface area is 189 Å². The summed E-state index contributed by atoms with van der Waals surface area (Å²) < 4.78 is 15.6. The SMILES string of the molecule is CCOC(=O)COc1cc(/C=C2\SC(=O)N(CC(=O)c3ccccc3)C2=O)ccc1OC. The topological polar surface area (TPSA) is 99.2 Å². The van der Waals surface area contributed by atoms with E-state index in [9.17, 15) is 19.2 Å². The zero-order valence-electron chi connectivity index (χ0n) is 17.5. The van der Waals surface area contributed by atoms with Crippen molar-refractivity contribution in [2.24, 2.45) is 0 Å². The number of carbonyl (C=O) groups is 4. The Bertz CT molecular complexity index is 1070. The molecule has 2 amide bonds. The number of hydrogen-bond acceptors (Lipinski definition) is 8. The predicted octanol–water partition coefficient (Wildman–Crippen LogP) is 3.56. The van der Waals surface area contributed by atoms with Crippen LogP contribution >= 0.6 is 11.8 Å². The predicted molar refractivity (Wildman–Crippen MR) is 119 cm³/mol. The lowest BCUT2D eigenvalue weighted by Gasteiger charge is -2.12. The normalized spacial score (nSPS) is 14.6. The number of esters is 1. The van der Waals surface area contributed by atoms with Crippen molar-refractivity contribution in [3.8, 4) is 11.5 Å². The quantitative estimate of drug-likeness (QED) is 0.322. The third-order valence-corrected chi connectivity index (χ3v) is 5.31. The van der Waals surface area contributed by atoms with Crippen molar-refractivity contribution in [2.45, 2.75) is 6.92 Å². The standard InChI is InChI=1S/C23H21NO7S/c1-3-30-21(26)14-31-19-11-15(9-10-18(19)29-2)12-20-22(27)24(23(28)32-20)13-17(25)16-7-5-4-6-8-16/h4-12H,3,13-14H2,1-2H3/b20-12-. The second kappa shape index (κ2) is 10.6. The second-order valence-corrected chi connectivity index (χ2v) is 7.55. The van der Waals surface area contributed by atoms with Gasteiger partial charge in [0.2, 0.25) is 0 Å². The number of Topliss-reactive ketones (excluding diaryl/α,β-unsaturated/α-hetero) is 1. The summed E-state index contributed by atoms with van der Waals surface area (Å²) in [5.74, 6) is -0.715. The van der Waals surface area contributed by atoms with Gasteiger partial charge in [-0.1, -0.05) is 36.4 Å². The van der Waals surface area contributed by atoms with Gasteiger partial charge in [0.1, 0.15) is 0 Å². The molecule has 9 heteroatoms. The highest BCUT2D eigenvalue weighted by molar-refractivity contribution is 8.18. The van der Waals surface area contributed by atoms with Crippen LogP contribution in [-0.4, -0.2) is 54.7 Å². The molecule has 0 aromatic heterocycles. The highest BCUT2D eigenvalue weighted by Crippen LogP contribution is 2.34. The van der Waals surface area contributed by atoms with E-state index in [1.165, 1.54) is 13.2 Å². The number of rotatable bonds is 9. The van der Waals surface area contributed by atoms with Crippen LogP contribution in [0.3, 0.4) is 0 Å². The number of ether oxygens (including phenoxy) is 3. The molecule has 1 heterocycles. The van der Waals surface area contributed by atoms with Gasteiger partial charge in [0, 0.05) is 5.56 Å². The summed E-state index contributed by atoms with van der Waals surface area (Å²) in [4.78, 5) is 50.1. The number of imide groups is 1. The van der Waals surface area contributed by atoms with Crippen molar-refractivity contribution in [1.82, 2.24) is 4.90 Å². The van der Waals surface area contributed by atoms with Gasteiger partial charge in [0.05, 0.1) is 25.2 Å². The molecule has 0 atom stereocenters. The molecule has 0 bridgehead atoms. The van der Waals surface area contributed by atoms with Gasteiger partial charge in [-0.25, -0.2) is 4.79 Å². The van der Waals surface area contributed by atoms with E-state index in [0.29, 0.717) is 16.9 Å². The molecule has 2 aromatic rings. The van der Waals surface area contributed by atoms with Gasteiger partial charge >= 0.3 is 5.97 Å². The Morgan fingerprint density at radius 3 is 2.50 bits per heavy atom. The van der Waals surface area contributed by atoms with Gasteiger partial charge in [-0.05, 0) is 42.5 Å². The molecular weight excluding hydrogens is 434 g/mol. The fraction of sp³-hybridized carbons (Fsp3) is 0.217. The fourth-order valence-corrected chi connectivity index (χ4v) is 3.72. The lowest BCUT2D eigenvalue weighted by atomic mass is 10.1. The van der Waals surface area contributed by atoms with Crippen LogP contribution in [0.1, 0.15) is 22.8 Å². The highest BCUT2D eigenvalue weighted by Gasteiger charge is 2.36. The van der Waals surface area contributed by atoms with E-state index in [1.807, 2.05) is 0 Å². The molecule has 0 saturated carbocycles. The Kier molecular flexibility index (Phi) is 7.67. The Morgan fingerprint density at radius 2 is 1.81 bits per heavy atom. The van der Waals surface area contributed by atoms with Crippen molar-refractivity contribution in [2.75, 3.05) is 26.9 Å². The van der Waals surface area contributed by atoms with E-state index < -0.39 is 17.1 Å². The molecule has 0 unspecified atom stereocenters. The number of benzene rings is 2. The summed E-state index contributed by atoms with van der Waals surface area (Å²) in [6, 6.07) is 13.4. The van der Waals surface area contributed by atoms with Crippen LogP contribution in [-0.2, 0) is 14.3 Å². The molecule has 1 saturated heterocycles. The minimum absolute atomic E-state index is 0.178. The Balaban J connectivity index is 1.75. The summed E-state index contributed by atoms with van der Waals surface area (Å²) in [6.45, 7) is 1.30. The summed E-state index contributed by atoms with van der Waals surface area (Å²) in [7, 11) is 1.46. The molecule has 0 aliphatic carbocycles. The third kappa shape index (κ3) is 5.55. The summed E-state index contributed by atoms with van der Waals surface area (Å²) >= 11 is 0.755. The largest absolute Gasteiger partial charge is 0.493 e. The number of nitrogens with zero attached hydrogens (tertiary/aromatic N) is 1. The summed E-state index contributed by atoms with van der Waals surface area (Å²) in [5.41, 5.74) is 0.985. The van der Waals surface area contributed by atoms with Crippen molar-refractivity contribution < 1.29 is 33.4 Å². The molecule has 3 rings (SSSR count). The molecule has 0 N–H and O–H groups in total. The van der Waals surface area contributed by atoms with Gasteiger partial charge < -0.3 is 14.2 Å². The molecule has 8 nitrogen and oxygen atoms in total. The minimum Gasteiger partial charge on any atom is -0.493 e. The monoisotopic (exact) mass is 455 g/mol. The average molecular weight is 455 g/mol. The smallest absolute Gasteiger partial charge is 0.344 e. The zero-order chi connectivity index (χ0) is 23.1. The van der Waals surface area contributed by atoms with Gasteiger partial charge in [0.15, 0.2) is 23.9 Å². The molecule has 1 aliphatic rings. The summed E-state index contributed by atoms with van der Waals surface area (Å²) in [6.07, 6.45) is 1.52. The molecule has 1 fully saturated rings. The number of hydrogen-bond donors (Lipinski definition) is 0. The molecule has 0 radical (unpaired) electrons. The summed E-state index contributed by atoms with van der Waals surface area (Å²) in [5, 5.41) is -0.516. The van der Waals surface area contributed by atoms with Crippen molar-refractivity contribution >= 4 is 40.7 Å². The first-order valence-electron chi connectivity index (χ1n) is 9.73. The Morgan fingerprint density at radius 1 is 1.06 bits per heavy atom. The van der Waals surface area contributed by atoms with Gasteiger partial charge in [-0.15, -0.1) is 0 Å². The number of thioether (sulfide) groups is 1. The lowest BCUT2D eigenvalue weighted by Crippen LogP contribution is -2.33. The Hall–Kier alpha value is -3.59. The molecular formula is C23H21NO7S. The molecule has 2 aromatic carbocycles. The number of carbonyl (C=O) groups excluding carboxylic acids is 4. The average Bonchev–Trinajstić information content (AvgIpc) is 3.05. The maximum atomic E-state index is 12.7. The first kappa shape index (κ1) is 23.1. The molecule has 166 valence electrons. The number of amides is 2. The molecule has 1 aliphatic heterocycles. The van der Waals surface area contributed by atoms with Crippen LogP contribution in [0, 0.1) is 0 Å². The van der Waals surface area contributed by atoms with Crippen molar-refractivity contribution in [1.29, 1.82) is 0 Å².